The zero-order valence-electron chi connectivity index (χ0n) is 15.7. The topological polar surface area (TPSA) is 97.6 Å². The second-order valence-corrected chi connectivity index (χ2v) is 7.06. The van der Waals surface area contributed by atoms with Gasteiger partial charge in [-0.05, 0) is 37.3 Å². The highest BCUT2D eigenvalue weighted by molar-refractivity contribution is 6.32. The van der Waals surface area contributed by atoms with Crippen LogP contribution in [0.4, 0.5) is 4.79 Å². The molecule has 1 N–H and O–H groups in total. The first-order chi connectivity index (χ1) is 13.9. The number of methoxy groups -OCH3 is 1. The summed E-state index contributed by atoms with van der Waals surface area (Å²) in [6, 6.07) is 13.4. The van der Waals surface area contributed by atoms with Crippen molar-refractivity contribution < 1.29 is 18.7 Å². The molecule has 1 saturated heterocycles. The van der Waals surface area contributed by atoms with Gasteiger partial charge in [0.2, 0.25) is 11.8 Å². The number of rotatable bonds is 5. The van der Waals surface area contributed by atoms with Crippen LogP contribution in [0, 0.1) is 0 Å². The highest BCUT2D eigenvalue weighted by Gasteiger charge is 2.50. The van der Waals surface area contributed by atoms with E-state index in [9.17, 15) is 9.59 Å². The third-order valence-electron chi connectivity index (χ3n) is 4.78. The minimum atomic E-state index is -1.27. The summed E-state index contributed by atoms with van der Waals surface area (Å²) in [5.74, 6) is 0.678. The first-order valence-electron chi connectivity index (χ1n) is 8.78. The van der Waals surface area contributed by atoms with Gasteiger partial charge in [0.25, 0.3) is 5.91 Å². The Hall–Kier alpha value is -3.39. The van der Waals surface area contributed by atoms with Gasteiger partial charge in [-0.2, -0.15) is 0 Å². The number of benzene rings is 2. The Morgan fingerprint density at radius 1 is 1.14 bits per heavy atom. The normalized spacial score (nSPS) is 18.8. The highest BCUT2D eigenvalue weighted by atomic mass is 35.5. The van der Waals surface area contributed by atoms with Crippen molar-refractivity contribution in [2.24, 2.45) is 0 Å². The molecule has 1 aliphatic rings. The number of urea groups is 1. The van der Waals surface area contributed by atoms with Gasteiger partial charge < -0.3 is 14.5 Å². The monoisotopic (exact) mass is 412 g/mol. The molecule has 0 radical (unpaired) electrons. The van der Waals surface area contributed by atoms with E-state index in [1.165, 1.54) is 0 Å². The number of nitrogens with one attached hydrogen (secondary N) is 1. The van der Waals surface area contributed by atoms with Crippen molar-refractivity contribution in [3.63, 3.8) is 0 Å². The number of hydrogen-bond acceptors (Lipinski definition) is 6. The molecule has 0 bridgehead atoms. The van der Waals surface area contributed by atoms with Crippen LogP contribution in [0.1, 0.15) is 18.4 Å². The quantitative estimate of drug-likeness (QED) is 0.645. The molecule has 0 unspecified atom stereocenters. The maximum atomic E-state index is 13.0. The van der Waals surface area contributed by atoms with Crippen LogP contribution < -0.4 is 10.1 Å². The number of aromatic nitrogens is 2. The van der Waals surface area contributed by atoms with Gasteiger partial charge in [0.1, 0.15) is 17.8 Å². The Morgan fingerprint density at radius 2 is 1.86 bits per heavy atom. The first kappa shape index (κ1) is 18.9. The minimum Gasteiger partial charge on any atom is -0.497 e. The number of imide groups is 1. The van der Waals surface area contributed by atoms with E-state index in [2.05, 4.69) is 15.5 Å². The van der Waals surface area contributed by atoms with Gasteiger partial charge in [-0.1, -0.05) is 29.8 Å². The second-order valence-electron chi connectivity index (χ2n) is 6.66. The fraction of sp³-hybridized carbons (Fsp3) is 0.200. The lowest BCUT2D eigenvalue weighted by atomic mass is 9.92. The van der Waals surface area contributed by atoms with Crippen molar-refractivity contribution in [3.8, 4) is 17.2 Å². The summed E-state index contributed by atoms with van der Waals surface area (Å²) in [4.78, 5) is 26.5. The molecule has 4 rings (SSSR count). The van der Waals surface area contributed by atoms with Crippen LogP contribution in [0.5, 0.6) is 5.75 Å². The van der Waals surface area contributed by atoms with E-state index in [1.807, 2.05) is 0 Å². The van der Waals surface area contributed by atoms with Crippen LogP contribution in [-0.2, 0) is 16.9 Å². The highest BCUT2D eigenvalue weighted by Crippen LogP contribution is 2.34. The number of carbonyl (C=O) groups excluding carboxylic acids is 2. The van der Waals surface area contributed by atoms with E-state index in [0.29, 0.717) is 21.9 Å². The molecule has 1 aromatic heterocycles. The zero-order chi connectivity index (χ0) is 20.6. The van der Waals surface area contributed by atoms with Crippen LogP contribution in [0.3, 0.4) is 0 Å². The molecule has 1 atom stereocenters. The summed E-state index contributed by atoms with van der Waals surface area (Å²) in [5, 5.41) is 11.1. The van der Waals surface area contributed by atoms with Gasteiger partial charge in [0.15, 0.2) is 0 Å². The molecule has 0 spiro atoms. The van der Waals surface area contributed by atoms with E-state index < -0.39 is 17.5 Å². The Labute approximate surface area is 171 Å². The van der Waals surface area contributed by atoms with Crippen molar-refractivity contribution in [3.05, 3.63) is 65.0 Å². The fourth-order valence-electron chi connectivity index (χ4n) is 3.19. The van der Waals surface area contributed by atoms with E-state index in [4.69, 9.17) is 20.8 Å². The Balaban J connectivity index is 1.56. The number of halogens is 1. The van der Waals surface area contributed by atoms with Crippen LogP contribution in [0.15, 0.2) is 52.9 Å². The number of carbonyl (C=O) groups is 2. The largest absolute Gasteiger partial charge is 0.497 e. The number of ether oxygens (including phenoxy) is 1. The lowest BCUT2D eigenvalue weighted by molar-refractivity contribution is -0.131. The molecule has 2 heterocycles. The van der Waals surface area contributed by atoms with Gasteiger partial charge in [-0.25, -0.2) is 4.79 Å². The van der Waals surface area contributed by atoms with Gasteiger partial charge in [0.05, 0.1) is 7.11 Å². The SMILES string of the molecule is COc1ccc(-c2nnc(CN3C(=O)N[C@](C)(c4ccccc4Cl)C3=O)o2)cc1. The number of amides is 3. The van der Waals surface area contributed by atoms with E-state index in [0.717, 1.165) is 4.90 Å². The average Bonchev–Trinajstić information content (AvgIpc) is 3.28. The van der Waals surface area contributed by atoms with Crippen LogP contribution >= 0.6 is 11.6 Å². The average molecular weight is 413 g/mol. The Bertz CT molecular complexity index is 1080. The number of nitrogens with zero attached hydrogens (tertiary/aromatic N) is 3. The summed E-state index contributed by atoms with van der Waals surface area (Å²) in [7, 11) is 1.58. The van der Waals surface area contributed by atoms with Gasteiger partial charge >= 0.3 is 6.03 Å². The van der Waals surface area contributed by atoms with E-state index in [1.54, 1.807) is 62.6 Å². The maximum Gasteiger partial charge on any atom is 0.325 e. The predicted molar refractivity (Wildman–Crippen MR) is 104 cm³/mol. The van der Waals surface area contributed by atoms with Crippen molar-refractivity contribution in [2.45, 2.75) is 19.0 Å². The van der Waals surface area contributed by atoms with Crippen molar-refractivity contribution in [2.75, 3.05) is 7.11 Å². The lowest BCUT2D eigenvalue weighted by Crippen LogP contribution is -2.41. The molecule has 3 aromatic rings. The molecule has 0 saturated carbocycles. The van der Waals surface area contributed by atoms with Crippen LogP contribution in [0.2, 0.25) is 5.02 Å². The molecule has 1 fully saturated rings. The number of hydrogen-bond donors (Lipinski definition) is 1. The summed E-state index contributed by atoms with van der Waals surface area (Å²) < 4.78 is 10.8. The standard InChI is InChI=1S/C20H17ClN4O4/c1-20(14-5-3-4-6-15(14)21)18(26)25(19(27)22-20)11-16-23-24-17(29-16)12-7-9-13(28-2)10-8-12/h3-10H,11H2,1-2H3,(H,22,27)/t20-/m1/s1. The molecule has 0 aliphatic carbocycles. The summed E-state index contributed by atoms with van der Waals surface area (Å²) >= 11 is 6.24. The van der Waals surface area contributed by atoms with Gasteiger partial charge in [0, 0.05) is 16.1 Å². The molecule has 1 aliphatic heterocycles. The molecule has 3 amide bonds. The van der Waals surface area contributed by atoms with Crippen molar-refractivity contribution >= 4 is 23.5 Å². The first-order valence-corrected chi connectivity index (χ1v) is 9.16. The summed E-state index contributed by atoms with van der Waals surface area (Å²) in [5.41, 5.74) is -0.0523. The lowest BCUT2D eigenvalue weighted by Gasteiger charge is -2.23. The molecule has 9 heteroatoms. The molecule has 2 aromatic carbocycles. The minimum absolute atomic E-state index is 0.141. The van der Waals surface area contributed by atoms with E-state index >= 15 is 0 Å². The third-order valence-corrected chi connectivity index (χ3v) is 5.11. The van der Waals surface area contributed by atoms with E-state index in [-0.39, 0.29) is 18.3 Å². The fourth-order valence-corrected chi connectivity index (χ4v) is 3.52. The van der Waals surface area contributed by atoms with Gasteiger partial charge in [-0.3, -0.25) is 9.69 Å². The molecular weight excluding hydrogens is 396 g/mol. The smallest absolute Gasteiger partial charge is 0.325 e. The predicted octanol–water partition coefficient (Wildman–Crippen LogP) is 3.37. The van der Waals surface area contributed by atoms with Crippen molar-refractivity contribution in [1.82, 2.24) is 20.4 Å². The van der Waals surface area contributed by atoms with Crippen LogP contribution in [-0.4, -0.2) is 34.1 Å². The summed E-state index contributed by atoms with van der Waals surface area (Å²) in [6.07, 6.45) is 0. The molecule has 29 heavy (non-hydrogen) atoms. The second kappa shape index (κ2) is 7.21. The van der Waals surface area contributed by atoms with Crippen molar-refractivity contribution in [1.29, 1.82) is 0 Å². The summed E-state index contributed by atoms with van der Waals surface area (Å²) in [6.45, 7) is 1.47. The molecule has 8 nitrogen and oxygen atoms in total. The maximum absolute atomic E-state index is 13.0. The third kappa shape index (κ3) is 3.31. The molecule has 148 valence electrons. The Kier molecular flexibility index (Phi) is 4.71. The van der Waals surface area contributed by atoms with Gasteiger partial charge in [-0.15, -0.1) is 10.2 Å². The van der Waals surface area contributed by atoms with Crippen LogP contribution in [0.25, 0.3) is 11.5 Å². The zero-order valence-corrected chi connectivity index (χ0v) is 16.4. The Morgan fingerprint density at radius 3 is 2.55 bits per heavy atom. The molecular formula is C20H17ClN4O4.